The predicted octanol–water partition coefficient (Wildman–Crippen LogP) is 4.82. The van der Waals surface area contributed by atoms with E-state index in [1.165, 1.54) is 0 Å². The van der Waals surface area contributed by atoms with Crippen LogP contribution in [-0.2, 0) is 4.74 Å². The van der Waals surface area contributed by atoms with E-state index >= 15 is 0 Å². The molecule has 1 aromatic heterocycles. The zero-order chi connectivity index (χ0) is 14.2. The first kappa shape index (κ1) is 15.1. The summed E-state index contributed by atoms with van der Waals surface area (Å²) in [5, 5.41) is 0.357. The van der Waals surface area contributed by atoms with Crippen LogP contribution in [0.1, 0.15) is 49.7 Å². The lowest BCUT2D eigenvalue weighted by molar-refractivity contribution is -0.00668. The molecule has 6 heteroatoms. The van der Waals surface area contributed by atoms with Gasteiger partial charge in [-0.1, -0.05) is 44.0 Å². The minimum atomic E-state index is -0.413. The Morgan fingerprint density at radius 1 is 1.42 bits per heavy atom. The number of aromatic nitrogens is 1. The molecule has 1 aliphatic carbocycles. The maximum absolute atomic E-state index is 12.1. The lowest BCUT2D eigenvalue weighted by Crippen LogP contribution is -2.33. The predicted molar refractivity (Wildman–Crippen MR) is 78.1 cm³/mol. The van der Waals surface area contributed by atoms with Gasteiger partial charge < -0.3 is 4.74 Å². The van der Waals surface area contributed by atoms with Crippen molar-refractivity contribution in [1.29, 1.82) is 0 Å². The van der Waals surface area contributed by atoms with Gasteiger partial charge in [0, 0.05) is 0 Å². The molecule has 0 bridgehead atoms. The molecule has 1 fully saturated rings. The fourth-order valence-corrected chi connectivity index (χ4v) is 4.03. The van der Waals surface area contributed by atoms with Crippen molar-refractivity contribution in [2.45, 2.75) is 46.1 Å². The van der Waals surface area contributed by atoms with Gasteiger partial charge in [-0.05, 0) is 42.1 Å². The summed E-state index contributed by atoms with van der Waals surface area (Å²) >= 11 is 12.7. The number of carbonyl (C=O) groups is 1. The molecule has 1 aromatic rings. The molecule has 2 unspecified atom stereocenters. The first-order valence-electron chi connectivity index (χ1n) is 6.30. The van der Waals surface area contributed by atoms with Gasteiger partial charge in [0.2, 0.25) is 0 Å². The number of carbonyl (C=O) groups excluding carboxylic acids is 1. The van der Waals surface area contributed by atoms with Crippen molar-refractivity contribution in [3.05, 3.63) is 15.1 Å². The number of esters is 1. The van der Waals surface area contributed by atoms with E-state index in [-0.39, 0.29) is 21.7 Å². The first-order valence-corrected chi connectivity index (χ1v) is 7.83. The third kappa shape index (κ3) is 3.61. The fourth-order valence-electron chi connectivity index (χ4n) is 2.94. The van der Waals surface area contributed by atoms with Gasteiger partial charge in [-0.2, -0.15) is 4.37 Å². The molecule has 0 N–H and O–H groups in total. The lowest BCUT2D eigenvalue weighted by atomic mass is 9.71. The highest BCUT2D eigenvalue weighted by Crippen LogP contribution is 2.40. The third-order valence-electron chi connectivity index (χ3n) is 3.40. The summed E-state index contributed by atoms with van der Waals surface area (Å²) < 4.78 is 9.41. The molecule has 0 spiro atoms. The molecule has 3 nitrogen and oxygen atoms in total. The number of hydrogen-bond acceptors (Lipinski definition) is 4. The maximum Gasteiger partial charge on any atom is 0.351 e. The van der Waals surface area contributed by atoms with E-state index in [4.69, 9.17) is 27.9 Å². The average molecular weight is 322 g/mol. The Bertz CT molecular complexity index is 487. The second kappa shape index (κ2) is 5.58. The van der Waals surface area contributed by atoms with Crippen LogP contribution < -0.4 is 0 Å². The van der Waals surface area contributed by atoms with Crippen LogP contribution in [0.3, 0.4) is 0 Å². The van der Waals surface area contributed by atoms with Crippen LogP contribution in [0.15, 0.2) is 0 Å². The highest BCUT2D eigenvalue weighted by Gasteiger charge is 2.34. The van der Waals surface area contributed by atoms with Gasteiger partial charge in [0.15, 0.2) is 10.0 Å². The number of nitrogens with zero attached hydrogens (tertiary/aromatic N) is 1. The van der Waals surface area contributed by atoms with Crippen LogP contribution in [0.4, 0.5) is 0 Å². The second-order valence-electron chi connectivity index (χ2n) is 6.06. The summed E-state index contributed by atoms with van der Waals surface area (Å²) in [7, 11) is 0. The molecule has 106 valence electrons. The SMILES string of the molecule is CC1CC(OC(=O)c2snc(Cl)c2Cl)CC(C)(C)C1. The van der Waals surface area contributed by atoms with Crippen molar-refractivity contribution in [1.82, 2.24) is 4.37 Å². The molecule has 0 aromatic carbocycles. The van der Waals surface area contributed by atoms with Crippen LogP contribution in [-0.4, -0.2) is 16.4 Å². The van der Waals surface area contributed by atoms with E-state index in [9.17, 15) is 4.79 Å². The van der Waals surface area contributed by atoms with E-state index in [0.717, 1.165) is 30.8 Å². The number of hydrogen-bond donors (Lipinski definition) is 0. The van der Waals surface area contributed by atoms with E-state index in [2.05, 4.69) is 25.1 Å². The zero-order valence-electron chi connectivity index (χ0n) is 11.2. The lowest BCUT2D eigenvalue weighted by Gasteiger charge is -2.38. The number of ether oxygens (including phenoxy) is 1. The smallest absolute Gasteiger partial charge is 0.351 e. The second-order valence-corrected chi connectivity index (χ2v) is 7.57. The van der Waals surface area contributed by atoms with Crippen molar-refractivity contribution in [3.63, 3.8) is 0 Å². The molecule has 19 heavy (non-hydrogen) atoms. The van der Waals surface area contributed by atoms with Gasteiger partial charge in [-0.15, -0.1) is 0 Å². The van der Waals surface area contributed by atoms with E-state index in [1.807, 2.05) is 0 Å². The summed E-state index contributed by atoms with van der Waals surface area (Å²) in [5.41, 5.74) is 0.206. The molecule has 0 aliphatic heterocycles. The van der Waals surface area contributed by atoms with E-state index in [0.29, 0.717) is 10.8 Å². The van der Waals surface area contributed by atoms with Crippen molar-refractivity contribution >= 4 is 40.7 Å². The quantitative estimate of drug-likeness (QED) is 0.733. The Kier molecular flexibility index (Phi) is 4.43. The van der Waals surface area contributed by atoms with Crippen LogP contribution in [0.25, 0.3) is 0 Å². The van der Waals surface area contributed by atoms with Crippen LogP contribution >= 0.6 is 34.7 Å². The summed E-state index contributed by atoms with van der Waals surface area (Å²) in [5.74, 6) is 0.145. The van der Waals surface area contributed by atoms with Crippen molar-refractivity contribution in [2.75, 3.05) is 0 Å². The first-order chi connectivity index (χ1) is 8.78. The molecule has 0 saturated heterocycles. The minimum absolute atomic E-state index is 0.0526. The number of halogens is 2. The van der Waals surface area contributed by atoms with Gasteiger partial charge >= 0.3 is 5.97 Å². The summed E-state index contributed by atoms with van der Waals surface area (Å²) in [6, 6.07) is 0. The van der Waals surface area contributed by atoms with Crippen molar-refractivity contribution < 1.29 is 9.53 Å². The largest absolute Gasteiger partial charge is 0.458 e. The molecule has 2 rings (SSSR count). The Labute approximate surface area is 127 Å². The van der Waals surface area contributed by atoms with Crippen molar-refractivity contribution in [2.24, 2.45) is 11.3 Å². The monoisotopic (exact) mass is 321 g/mol. The molecule has 1 aliphatic rings. The van der Waals surface area contributed by atoms with Crippen molar-refractivity contribution in [3.8, 4) is 0 Å². The van der Waals surface area contributed by atoms with Crippen LogP contribution in [0.5, 0.6) is 0 Å². The summed E-state index contributed by atoms with van der Waals surface area (Å²) in [6.07, 6.45) is 2.89. The average Bonchev–Trinajstić information content (AvgIpc) is 2.56. The Morgan fingerprint density at radius 2 is 2.11 bits per heavy atom. The molecule has 0 amide bonds. The van der Waals surface area contributed by atoms with E-state index < -0.39 is 5.97 Å². The van der Waals surface area contributed by atoms with Gasteiger partial charge in [0.1, 0.15) is 11.1 Å². The standard InChI is InChI=1S/C13H17Cl2NO2S/c1-7-4-8(6-13(2,3)5-7)18-12(17)10-9(14)11(15)16-19-10/h7-8H,4-6H2,1-3H3. The Balaban J connectivity index is 2.05. The van der Waals surface area contributed by atoms with Gasteiger partial charge in [-0.25, -0.2) is 4.79 Å². The highest BCUT2D eigenvalue weighted by atomic mass is 35.5. The minimum Gasteiger partial charge on any atom is -0.458 e. The number of rotatable bonds is 2. The normalized spacial score (nSPS) is 26.2. The maximum atomic E-state index is 12.1. The topological polar surface area (TPSA) is 39.2 Å². The summed E-state index contributed by atoms with van der Waals surface area (Å²) in [6.45, 7) is 6.61. The Morgan fingerprint density at radius 3 is 2.63 bits per heavy atom. The van der Waals surface area contributed by atoms with Crippen LogP contribution in [0.2, 0.25) is 10.2 Å². The highest BCUT2D eigenvalue weighted by molar-refractivity contribution is 7.09. The molecule has 2 atom stereocenters. The fraction of sp³-hybridized carbons (Fsp3) is 0.692. The third-order valence-corrected chi connectivity index (χ3v) is 5.18. The molecule has 1 heterocycles. The van der Waals surface area contributed by atoms with Crippen LogP contribution in [0, 0.1) is 11.3 Å². The molecule has 1 saturated carbocycles. The van der Waals surface area contributed by atoms with E-state index in [1.54, 1.807) is 0 Å². The van der Waals surface area contributed by atoms with Gasteiger partial charge in [0.05, 0.1) is 0 Å². The van der Waals surface area contributed by atoms with Gasteiger partial charge in [0.25, 0.3) is 0 Å². The summed E-state index contributed by atoms with van der Waals surface area (Å²) in [4.78, 5) is 12.4. The molecular formula is C13H17Cl2NO2S. The zero-order valence-corrected chi connectivity index (χ0v) is 13.5. The Hall–Kier alpha value is -0.320. The van der Waals surface area contributed by atoms with Gasteiger partial charge in [-0.3, -0.25) is 0 Å². The molecular weight excluding hydrogens is 305 g/mol. The molecule has 0 radical (unpaired) electrons.